The number of rotatable bonds is 6. The second-order valence-corrected chi connectivity index (χ2v) is 8.24. The summed E-state index contributed by atoms with van der Waals surface area (Å²) in [5.74, 6) is 1.41. The van der Waals surface area contributed by atoms with Gasteiger partial charge in [0.05, 0.1) is 12.0 Å². The van der Waals surface area contributed by atoms with E-state index < -0.39 is 0 Å². The smallest absolute Gasteiger partial charge is 0.227 e. The Labute approximate surface area is 180 Å². The third-order valence-corrected chi connectivity index (χ3v) is 6.07. The van der Waals surface area contributed by atoms with E-state index in [2.05, 4.69) is 34.5 Å². The SMILES string of the molecule is Cl.O=C(C1CCCN(Cc2ccc(OCC3CCCO3)cc2)C1)N1CCNCC1. The monoisotopic (exact) mass is 423 g/mol. The van der Waals surface area contributed by atoms with Gasteiger partial charge in [-0.15, -0.1) is 12.4 Å². The number of nitrogens with zero attached hydrogens (tertiary/aromatic N) is 2. The Morgan fingerprint density at radius 1 is 1.10 bits per heavy atom. The first-order chi connectivity index (χ1) is 13.8. The van der Waals surface area contributed by atoms with Crippen molar-refractivity contribution >= 4 is 18.3 Å². The van der Waals surface area contributed by atoms with E-state index in [0.29, 0.717) is 12.5 Å². The molecule has 0 bridgehead atoms. The number of hydrogen-bond donors (Lipinski definition) is 1. The molecular weight excluding hydrogens is 390 g/mol. The van der Waals surface area contributed by atoms with Crippen molar-refractivity contribution in [3.05, 3.63) is 29.8 Å². The van der Waals surface area contributed by atoms with Crippen molar-refractivity contribution in [2.24, 2.45) is 5.92 Å². The van der Waals surface area contributed by atoms with E-state index in [0.717, 1.165) is 83.9 Å². The molecule has 1 aromatic rings. The molecule has 0 saturated carbocycles. The molecule has 162 valence electrons. The van der Waals surface area contributed by atoms with E-state index in [1.807, 2.05) is 4.90 Å². The minimum Gasteiger partial charge on any atom is -0.491 e. The molecule has 1 N–H and O–H groups in total. The highest BCUT2D eigenvalue weighted by atomic mass is 35.5. The first-order valence-electron chi connectivity index (χ1n) is 10.8. The van der Waals surface area contributed by atoms with Crippen molar-refractivity contribution < 1.29 is 14.3 Å². The van der Waals surface area contributed by atoms with Crippen molar-refractivity contribution in [2.45, 2.75) is 38.3 Å². The molecule has 0 radical (unpaired) electrons. The van der Waals surface area contributed by atoms with Crippen molar-refractivity contribution in [1.29, 1.82) is 0 Å². The number of amides is 1. The Morgan fingerprint density at radius 2 is 1.90 bits per heavy atom. The van der Waals surface area contributed by atoms with Gasteiger partial charge in [-0.05, 0) is 49.9 Å². The van der Waals surface area contributed by atoms with Gasteiger partial charge in [-0.2, -0.15) is 0 Å². The van der Waals surface area contributed by atoms with Crippen LogP contribution < -0.4 is 10.1 Å². The number of carbonyl (C=O) groups excluding carboxylic acids is 1. The lowest BCUT2D eigenvalue weighted by atomic mass is 9.95. The predicted octanol–water partition coefficient (Wildman–Crippen LogP) is 2.31. The molecule has 0 aromatic heterocycles. The van der Waals surface area contributed by atoms with Crippen LogP contribution in [0.15, 0.2) is 24.3 Å². The van der Waals surface area contributed by atoms with Crippen LogP contribution in [0.25, 0.3) is 0 Å². The van der Waals surface area contributed by atoms with Crippen LogP contribution in [0.3, 0.4) is 0 Å². The number of halogens is 1. The van der Waals surface area contributed by atoms with Gasteiger partial charge >= 0.3 is 0 Å². The molecular formula is C22H34ClN3O3. The van der Waals surface area contributed by atoms with Gasteiger partial charge in [0, 0.05) is 45.9 Å². The highest BCUT2D eigenvalue weighted by molar-refractivity contribution is 5.85. The van der Waals surface area contributed by atoms with Crippen LogP contribution in [0, 0.1) is 5.92 Å². The highest BCUT2D eigenvalue weighted by Crippen LogP contribution is 2.22. The van der Waals surface area contributed by atoms with Crippen LogP contribution >= 0.6 is 12.4 Å². The van der Waals surface area contributed by atoms with E-state index in [1.54, 1.807) is 0 Å². The number of carbonyl (C=O) groups is 1. The Hall–Kier alpha value is -1.34. The van der Waals surface area contributed by atoms with Gasteiger partial charge in [0.2, 0.25) is 5.91 Å². The van der Waals surface area contributed by atoms with Gasteiger partial charge in [-0.1, -0.05) is 12.1 Å². The first-order valence-corrected chi connectivity index (χ1v) is 10.8. The standard InChI is InChI=1S/C22H33N3O3.ClH/c26-22(25-12-9-23-10-13-25)19-3-1-11-24(16-19)15-18-5-7-20(8-6-18)28-17-21-4-2-14-27-21;/h5-8,19,21,23H,1-4,9-17H2;1H. The molecule has 3 aliphatic heterocycles. The molecule has 0 spiro atoms. The average molecular weight is 424 g/mol. The zero-order chi connectivity index (χ0) is 19.2. The highest BCUT2D eigenvalue weighted by Gasteiger charge is 2.29. The van der Waals surface area contributed by atoms with Crippen molar-refractivity contribution in [3.63, 3.8) is 0 Å². The summed E-state index contributed by atoms with van der Waals surface area (Å²) in [5, 5.41) is 3.32. The number of hydrogen-bond acceptors (Lipinski definition) is 5. The van der Waals surface area contributed by atoms with Crippen LogP contribution in [0.4, 0.5) is 0 Å². The summed E-state index contributed by atoms with van der Waals surface area (Å²) in [6.45, 7) is 7.89. The quantitative estimate of drug-likeness (QED) is 0.760. The summed E-state index contributed by atoms with van der Waals surface area (Å²) in [6.07, 6.45) is 4.61. The third-order valence-electron chi connectivity index (χ3n) is 6.07. The van der Waals surface area contributed by atoms with E-state index in [1.165, 1.54) is 5.56 Å². The third kappa shape index (κ3) is 6.32. The molecule has 2 unspecified atom stereocenters. The Morgan fingerprint density at radius 3 is 2.62 bits per heavy atom. The van der Waals surface area contributed by atoms with Crippen LogP contribution in [0.5, 0.6) is 5.75 Å². The Kier molecular flexibility index (Phi) is 8.60. The normalized spacial score (nSPS) is 25.4. The average Bonchev–Trinajstić information content (AvgIpc) is 3.27. The molecule has 1 aromatic carbocycles. The molecule has 29 heavy (non-hydrogen) atoms. The van der Waals surface area contributed by atoms with Gasteiger partial charge in [0.1, 0.15) is 12.4 Å². The van der Waals surface area contributed by atoms with Crippen molar-refractivity contribution in [3.8, 4) is 5.75 Å². The van der Waals surface area contributed by atoms with Crippen LogP contribution in [0.1, 0.15) is 31.2 Å². The summed E-state index contributed by atoms with van der Waals surface area (Å²) in [7, 11) is 0. The second-order valence-electron chi connectivity index (χ2n) is 8.24. The van der Waals surface area contributed by atoms with Gasteiger partial charge in [-0.3, -0.25) is 9.69 Å². The number of benzene rings is 1. The maximum Gasteiger partial charge on any atom is 0.227 e. The number of piperidine rings is 1. The molecule has 0 aliphatic carbocycles. The summed E-state index contributed by atoms with van der Waals surface area (Å²) in [5.41, 5.74) is 1.28. The molecule has 3 saturated heterocycles. The van der Waals surface area contributed by atoms with Crippen molar-refractivity contribution in [2.75, 3.05) is 52.5 Å². The Balaban J connectivity index is 0.00000240. The lowest BCUT2D eigenvalue weighted by Gasteiger charge is -2.36. The minimum atomic E-state index is 0. The number of piperazine rings is 1. The van der Waals surface area contributed by atoms with E-state index in [-0.39, 0.29) is 24.4 Å². The van der Waals surface area contributed by atoms with Crippen LogP contribution in [-0.4, -0.2) is 74.3 Å². The van der Waals surface area contributed by atoms with Crippen LogP contribution in [0.2, 0.25) is 0 Å². The fraction of sp³-hybridized carbons (Fsp3) is 0.682. The maximum atomic E-state index is 12.8. The fourth-order valence-electron chi connectivity index (χ4n) is 4.46. The zero-order valence-corrected chi connectivity index (χ0v) is 18.0. The summed E-state index contributed by atoms with van der Waals surface area (Å²) in [4.78, 5) is 17.3. The summed E-state index contributed by atoms with van der Waals surface area (Å²) >= 11 is 0. The number of ether oxygens (including phenoxy) is 2. The van der Waals surface area contributed by atoms with E-state index in [4.69, 9.17) is 9.47 Å². The maximum absolute atomic E-state index is 12.8. The van der Waals surface area contributed by atoms with Gasteiger partial charge in [0.15, 0.2) is 0 Å². The van der Waals surface area contributed by atoms with Gasteiger partial charge in [0.25, 0.3) is 0 Å². The van der Waals surface area contributed by atoms with Gasteiger partial charge in [-0.25, -0.2) is 0 Å². The molecule has 7 heteroatoms. The number of nitrogens with one attached hydrogen (secondary N) is 1. The topological polar surface area (TPSA) is 54.0 Å². The van der Waals surface area contributed by atoms with E-state index >= 15 is 0 Å². The van der Waals surface area contributed by atoms with Gasteiger partial charge < -0.3 is 19.7 Å². The summed E-state index contributed by atoms with van der Waals surface area (Å²) in [6, 6.07) is 8.40. The zero-order valence-electron chi connectivity index (χ0n) is 17.2. The second kappa shape index (κ2) is 11.2. The molecule has 1 amide bonds. The molecule has 3 heterocycles. The first kappa shape index (κ1) is 22.3. The molecule has 6 nitrogen and oxygen atoms in total. The van der Waals surface area contributed by atoms with Crippen molar-refractivity contribution in [1.82, 2.24) is 15.1 Å². The largest absolute Gasteiger partial charge is 0.491 e. The lowest BCUT2D eigenvalue weighted by molar-refractivity contribution is -0.138. The predicted molar refractivity (Wildman–Crippen MR) is 116 cm³/mol. The lowest BCUT2D eigenvalue weighted by Crippen LogP contribution is -2.51. The van der Waals surface area contributed by atoms with Crippen LogP contribution in [-0.2, 0) is 16.1 Å². The molecule has 4 rings (SSSR count). The fourth-order valence-corrected chi connectivity index (χ4v) is 4.46. The molecule has 3 aliphatic rings. The molecule has 2 atom stereocenters. The number of likely N-dealkylation sites (tertiary alicyclic amines) is 1. The summed E-state index contributed by atoms with van der Waals surface area (Å²) < 4.78 is 11.5. The Bertz CT molecular complexity index is 631. The minimum absolute atomic E-state index is 0. The van der Waals surface area contributed by atoms with E-state index in [9.17, 15) is 4.79 Å². The molecule has 3 fully saturated rings.